The van der Waals surface area contributed by atoms with Crippen molar-refractivity contribution >= 4 is 35.2 Å². The number of halogens is 1. The van der Waals surface area contributed by atoms with E-state index in [0.717, 1.165) is 18.5 Å². The summed E-state index contributed by atoms with van der Waals surface area (Å²) in [5, 5.41) is 12.5. The number of anilines is 1. The van der Waals surface area contributed by atoms with Crippen LogP contribution in [0.15, 0.2) is 24.3 Å². The number of ether oxygens (including phenoxy) is 1. The predicted molar refractivity (Wildman–Crippen MR) is 118 cm³/mol. The molecule has 3 N–H and O–H groups in total. The molecule has 0 spiro atoms. The Labute approximate surface area is 186 Å². The Balaban J connectivity index is 1.68. The summed E-state index contributed by atoms with van der Waals surface area (Å²) in [5.74, 6) is 0.155. The molecule has 0 unspecified atom stereocenters. The molecule has 2 amide bonds. The van der Waals surface area contributed by atoms with Crippen LogP contribution in [0.5, 0.6) is 0 Å². The fourth-order valence-electron chi connectivity index (χ4n) is 3.06. The fourth-order valence-corrected chi connectivity index (χ4v) is 3.34. The lowest BCUT2D eigenvalue weighted by molar-refractivity contribution is -0.120. The lowest BCUT2D eigenvalue weighted by Gasteiger charge is -2.21. The maximum absolute atomic E-state index is 12.9. The van der Waals surface area contributed by atoms with Gasteiger partial charge in [-0.2, -0.15) is 5.10 Å². The first-order valence-corrected chi connectivity index (χ1v) is 10.6. The smallest absolute Gasteiger partial charge is 0.408 e. The van der Waals surface area contributed by atoms with E-state index in [0.29, 0.717) is 17.3 Å². The van der Waals surface area contributed by atoms with Gasteiger partial charge in [-0.1, -0.05) is 23.7 Å². The third kappa shape index (κ3) is 6.30. The van der Waals surface area contributed by atoms with Gasteiger partial charge in [0.15, 0.2) is 11.6 Å². The maximum atomic E-state index is 12.9. The summed E-state index contributed by atoms with van der Waals surface area (Å²) in [6, 6.07) is 5.95. The van der Waals surface area contributed by atoms with Crippen molar-refractivity contribution in [2.45, 2.75) is 64.5 Å². The third-order valence-electron chi connectivity index (χ3n) is 4.76. The second-order valence-electron chi connectivity index (χ2n) is 8.72. The van der Waals surface area contributed by atoms with Gasteiger partial charge in [0.25, 0.3) is 5.91 Å². The summed E-state index contributed by atoms with van der Waals surface area (Å²) < 4.78 is 5.18. The molecule has 1 aromatic carbocycles. The second kappa shape index (κ2) is 9.09. The second-order valence-corrected chi connectivity index (χ2v) is 9.13. The van der Waals surface area contributed by atoms with Gasteiger partial charge in [0.1, 0.15) is 5.60 Å². The van der Waals surface area contributed by atoms with Gasteiger partial charge in [-0.15, -0.1) is 0 Å². The molecule has 0 saturated heterocycles. The van der Waals surface area contributed by atoms with Gasteiger partial charge >= 0.3 is 6.09 Å². The van der Waals surface area contributed by atoms with E-state index < -0.39 is 23.6 Å². The predicted octanol–water partition coefficient (Wildman–Crippen LogP) is 4.22. The van der Waals surface area contributed by atoms with E-state index in [1.54, 1.807) is 45.9 Å². The van der Waals surface area contributed by atoms with E-state index in [1.165, 1.54) is 0 Å². The van der Waals surface area contributed by atoms with Gasteiger partial charge in [0.05, 0.1) is 16.6 Å². The number of hydrogen-bond donors (Lipinski definition) is 3. The Morgan fingerprint density at radius 2 is 2.00 bits per heavy atom. The highest BCUT2D eigenvalue weighted by Gasteiger charge is 2.27. The van der Waals surface area contributed by atoms with E-state index in [-0.39, 0.29) is 22.8 Å². The summed E-state index contributed by atoms with van der Waals surface area (Å²) in [6.07, 6.45) is 1.47. The Hall–Kier alpha value is -2.87. The summed E-state index contributed by atoms with van der Waals surface area (Å²) in [7, 11) is 0. The normalized spacial score (nSPS) is 14.6. The van der Waals surface area contributed by atoms with Crippen LogP contribution in [-0.4, -0.2) is 39.6 Å². The van der Waals surface area contributed by atoms with Crippen LogP contribution in [0.2, 0.25) is 5.02 Å². The molecule has 1 atom stereocenters. The first-order valence-electron chi connectivity index (χ1n) is 10.2. The quantitative estimate of drug-likeness (QED) is 0.589. The molecule has 1 saturated carbocycles. The monoisotopic (exact) mass is 446 g/mol. The molecule has 0 bridgehead atoms. The molecular weight excluding hydrogens is 420 g/mol. The third-order valence-corrected chi connectivity index (χ3v) is 5.08. The molecule has 0 aliphatic heterocycles. The highest BCUT2D eigenvalue weighted by molar-refractivity contribution is 6.34. The lowest BCUT2D eigenvalue weighted by Crippen LogP contribution is -2.42. The molecule has 1 fully saturated rings. The van der Waals surface area contributed by atoms with Crippen molar-refractivity contribution in [1.29, 1.82) is 0 Å². The van der Waals surface area contributed by atoms with Gasteiger partial charge in [-0.3, -0.25) is 14.7 Å². The van der Waals surface area contributed by atoms with Crippen LogP contribution in [-0.2, 0) is 16.0 Å². The molecule has 1 aliphatic carbocycles. The molecule has 2 aromatic rings. The molecule has 31 heavy (non-hydrogen) atoms. The molecule has 166 valence electrons. The number of Topliss-reactive ketones (excluding diaryl/α,β-unsaturated/α-hetero) is 1. The van der Waals surface area contributed by atoms with Crippen molar-refractivity contribution in [3.8, 4) is 0 Å². The molecule has 0 radical (unpaired) electrons. The zero-order valence-electron chi connectivity index (χ0n) is 18.0. The number of alkyl carbamates (subject to hydrolysis) is 1. The molecular formula is C22H27ClN4O4. The standard InChI is InChI=1S/C22H27ClN4O4/c1-12(24-21(30)31-22(2,3)4)17(28)10-14-6-5-7-15(23)19(14)20(29)25-18-11-16(26-27-18)13-8-9-13/h5-7,11-13H,8-10H2,1-4H3,(H,24,30)(H2,25,26,27,29)/t12-/m0/s1. The number of nitrogens with one attached hydrogen (secondary N) is 3. The lowest BCUT2D eigenvalue weighted by atomic mass is 9.99. The van der Waals surface area contributed by atoms with Gasteiger partial charge in [0.2, 0.25) is 0 Å². The van der Waals surface area contributed by atoms with Gasteiger partial charge in [-0.25, -0.2) is 4.79 Å². The number of H-pyrrole nitrogens is 1. The first-order chi connectivity index (χ1) is 14.5. The van der Waals surface area contributed by atoms with Crippen LogP contribution in [0, 0.1) is 0 Å². The van der Waals surface area contributed by atoms with Crippen LogP contribution in [0.4, 0.5) is 10.6 Å². The van der Waals surface area contributed by atoms with Crippen LogP contribution >= 0.6 is 11.6 Å². The highest BCUT2D eigenvalue weighted by atomic mass is 35.5. The number of rotatable bonds is 7. The summed E-state index contributed by atoms with van der Waals surface area (Å²) >= 11 is 6.29. The van der Waals surface area contributed by atoms with Crippen LogP contribution in [0.1, 0.15) is 68.1 Å². The van der Waals surface area contributed by atoms with Crippen molar-refractivity contribution in [1.82, 2.24) is 15.5 Å². The van der Waals surface area contributed by atoms with E-state index in [4.69, 9.17) is 16.3 Å². The minimum atomic E-state index is -0.794. The van der Waals surface area contributed by atoms with Crippen LogP contribution in [0.3, 0.4) is 0 Å². The average Bonchev–Trinajstić information content (AvgIpc) is 3.39. The SMILES string of the molecule is C[C@H](NC(=O)OC(C)(C)C)C(=O)Cc1cccc(Cl)c1C(=O)Nc1cc(C2CC2)[nH]n1. The summed E-state index contributed by atoms with van der Waals surface area (Å²) in [5.41, 5.74) is 0.993. The minimum Gasteiger partial charge on any atom is -0.444 e. The molecule has 8 nitrogen and oxygen atoms in total. The van der Waals surface area contributed by atoms with Gasteiger partial charge in [-0.05, 0) is 52.2 Å². The number of benzene rings is 1. The van der Waals surface area contributed by atoms with E-state index >= 15 is 0 Å². The van der Waals surface area contributed by atoms with Gasteiger partial charge in [0, 0.05) is 24.1 Å². The maximum Gasteiger partial charge on any atom is 0.408 e. The van der Waals surface area contributed by atoms with Crippen molar-refractivity contribution in [2.24, 2.45) is 0 Å². The van der Waals surface area contributed by atoms with E-state index in [9.17, 15) is 14.4 Å². The Morgan fingerprint density at radius 1 is 1.29 bits per heavy atom. The Bertz CT molecular complexity index is 992. The average molecular weight is 447 g/mol. The number of carbonyl (C=O) groups excluding carboxylic acids is 3. The number of aromatic nitrogens is 2. The largest absolute Gasteiger partial charge is 0.444 e. The Morgan fingerprint density at radius 3 is 2.65 bits per heavy atom. The molecule has 3 rings (SSSR count). The molecule has 1 aliphatic rings. The van der Waals surface area contributed by atoms with E-state index in [2.05, 4.69) is 20.8 Å². The summed E-state index contributed by atoms with van der Waals surface area (Å²) in [6.45, 7) is 6.79. The molecule has 1 aromatic heterocycles. The van der Waals surface area contributed by atoms with Gasteiger partial charge < -0.3 is 15.4 Å². The van der Waals surface area contributed by atoms with Crippen molar-refractivity contribution in [3.05, 3.63) is 46.1 Å². The number of hydrogen-bond acceptors (Lipinski definition) is 5. The van der Waals surface area contributed by atoms with Crippen molar-refractivity contribution in [2.75, 3.05) is 5.32 Å². The topological polar surface area (TPSA) is 113 Å². The number of nitrogens with zero attached hydrogens (tertiary/aromatic N) is 1. The fraction of sp³-hybridized carbons (Fsp3) is 0.455. The highest BCUT2D eigenvalue weighted by Crippen LogP contribution is 2.39. The van der Waals surface area contributed by atoms with E-state index in [1.807, 2.05) is 6.07 Å². The number of amides is 2. The number of aromatic amines is 1. The number of ketones is 1. The van der Waals surface area contributed by atoms with Crippen LogP contribution < -0.4 is 10.6 Å². The van der Waals surface area contributed by atoms with Crippen molar-refractivity contribution in [3.63, 3.8) is 0 Å². The Kier molecular flexibility index (Phi) is 6.69. The molecule has 1 heterocycles. The molecule has 9 heteroatoms. The zero-order valence-corrected chi connectivity index (χ0v) is 18.8. The van der Waals surface area contributed by atoms with Crippen LogP contribution in [0.25, 0.3) is 0 Å². The summed E-state index contributed by atoms with van der Waals surface area (Å²) in [4.78, 5) is 37.5. The minimum absolute atomic E-state index is 0.0752. The first kappa shape index (κ1) is 22.8. The number of carbonyl (C=O) groups is 3. The van der Waals surface area contributed by atoms with Crippen molar-refractivity contribution < 1.29 is 19.1 Å². The zero-order chi connectivity index (χ0) is 22.8.